The van der Waals surface area contributed by atoms with Crippen LogP contribution >= 0.6 is 0 Å². The molecule has 3 aromatic carbocycles. The Morgan fingerprint density at radius 2 is 0.921 bits per heavy atom. The molecule has 38 heavy (non-hydrogen) atoms. The van der Waals surface area contributed by atoms with E-state index in [0.717, 1.165) is 61.9 Å². The van der Waals surface area contributed by atoms with Crippen LogP contribution in [-0.2, 0) is 0 Å². The van der Waals surface area contributed by atoms with Crippen molar-refractivity contribution in [3.05, 3.63) is 134 Å². The average Bonchev–Trinajstić information content (AvgIpc) is 3.02. The maximum atomic E-state index is 5.30. The fraction of sp³-hybridized carbons (Fsp3) is 0.0294. The highest BCUT2D eigenvalue weighted by molar-refractivity contribution is 5.86. The predicted molar refractivity (Wildman–Crippen MR) is 154 cm³/mol. The van der Waals surface area contributed by atoms with Gasteiger partial charge < -0.3 is 4.74 Å². The van der Waals surface area contributed by atoms with Crippen LogP contribution in [0.4, 0.5) is 0 Å². The van der Waals surface area contributed by atoms with E-state index in [1.54, 1.807) is 19.5 Å². The normalized spacial score (nSPS) is 10.8. The maximum absolute atomic E-state index is 5.30. The van der Waals surface area contributed by atoms with E-state index in [2.05, 4.69) is 82.8 Å². The van der Waals surface area contributed by atoms with Crippen LogP contribution in [0.15, 0.2) is 134 Å². The third-order valence-electron chi connectivity index (χ3n) is 6.54. The zero-order valence-electron chi connectivity index (χ0n) is 21.0. The number of benzene rings is 3. The van der Waals surface area contributed by atoms with Gasteiger partial charge in [0.15, 0.2) is 0 Å². The summed E-state index contributed by atoms with van der Waals surface area (Å²) in [5, 5.41) is 0. The van der Waals surface area contributed by atoms with Crippen molar-refractivity contribution in [3.8, 4) is 61.9 Å². The van der Waals surface area contributed by atoms with Gasteiger partial charge in [0.1, 0.15) is 5.75 Å². The number of ether oxygens (including phenoxy) is 1. The summed E-state index contributed by atoms with van der Waals surface area (Å²) in [4.78, 5) is 14.0. The lowest BCUT2D eigenvalue weighted by atomic mass is 9.92. The number of aromatic nitrogens is 3. The molecule has 0 fully saturated rings. The Morgan fingerprint density at radius 1 is 0.447 bits per heavy atom. The van der Waals surface area contributed by atoms with Crippen molar-refractivity contribution in [1.29, 1.82) is 0 Å². The lowest BCUT2D eigenvalue weighted by molar-refractivity contribution is 0.415. The van der Waals surface area contributed by atoms with Gasteiger partial charge >= 0.3 is 0 Å². The van der Waals surface area contributed by atoms with Gasteiger partial charge in [-0.25, -0.2) is 4.98 Å². The summed E-state index contributed by atoms with van der Waals surface area (Å²) in [7, 11) is 1.68. The van der Waals surface area contributed by atoms with E-state index in [4.69, 9.17) is 9.72 Å². The number of nitrogens with zero attached hydrogens (tertiary/aromatic N) is 3. The zero-order chi connectivity index (χ0) is 25.7. The SMILES string of the molecule is COc1ccc(-c2ccc(-c3ccccc3-c3cc(-c4ccccn4)nc(-c4ccccn4)c3)cc2)cc1. The molecule has 0 unspecified atom stereocenters. The highest BCUT2D eigenvalue weighted by atomic mass is 16.5. The predicted octanol–water partition coefficient (Wildman–Crippen LogP) is 8.22. The smallest absolute Gasteiger partial charge is 0.118 e. The van der Waals surface area contributed by atoms with E-state index in [0.29, 0.717) is 0 Å². The first-order valence-corrected chi connectivity index (χ1v) is 12.5. The number of rotatable bonds is 6. The summed E-state index contributed by atoms with van der Waals surface area (Å²) in [6.45, 7) is 0. The molecule has 0 radical (unpaired) electrons. The van der Waals surface area contributed by atoms with Crippen molar-refractivity contribution in [1.82, 2.24) is 15.0 Å². The van der Waals surface area contributed by atoms with E-state index >= 15 is 0 Å². The Kier molecular flexibility index (Phi) is 6.44. The van der Waals surface area contributed by atoms with Crippen LogP contribution < -0.4 is 4.74 Å². The second-order valence-electron chi connectivity index (χ2n) is 8.91. The van der Waals surface area contributed by atoms with E-state index in [1.165, 1.54) is 0 Å². The monoisotopic (exact) mass is 491 g/mol. The van der Waals surface area contributed by atoms with Gasteiger partial charge in [0.05, 0.1) is 29.9 Å². The molecule has 6 aromatic rings. The van der Waals surface area contributed by atoms with Crippen molar-refractivity contribution < 1.29 is 4.74 Å². The molecule has 4 nitrogen and oxygen atoms in total. The maximum Gasteiger partial charge on any atom is 0.118 e. The van der Waals surface area contributed by atoms with Crippen LogP contribution in [0.2, 0.25) is 0 Å². The standard InChI is InChI=1S/C34H25N3O/c1-38-28-18-16-25(17-19-28)24-12-14-26(15-13-24)29-8-2-3-9-30(29)27-22-33(31-10-4-6-20-35-31)37-34(23-27)32-11-5-7-21-36-32/h2-23H,1H3. The Hall–Kier alpha value is -5.09. The van der Waals surface area contributed by atoms with Gasteiger partial charge in [-0.05, 0) is 81.9 Å². The van der Waals surface area contributed by atoms with Gasteiger partial charge in [-0.3, -0.25) is 9.97 Å². The third-order valence-corrected chi connectivity index (χ3v) is 6.54. The molecule has 0 aliphatic carbocycles. The zero-order valence-corrected chi connectivity index (χ0v) is 21.0. The van der Waals surface area contributed by atoms with E-state index in [1.807, 2.05) is 48.5 Å². The van der Waals surface area contributed by atoms with E-state index in [9.17, 15) is 0 Å². The Morgan fingerprint density at radius 3 is 1.42 bits per heavy atom. The molecule has 6 rings (SSSR count). The summed E-state index contributed by atoms with van der Waals surface area (Å²) in [6, 6.07) is 41.3. The van der Waals surface area contributed by atoms with Crippen LogP contribution in [0.25, 0.3) is 56.2 Å². The highest BCUT2D eigenvalue weighted by Gasteiger charge is 2.13. The largest absolute Gasteiger partial charge is 0.497 e. The molecule has 182 valence electrons. The van der Waals surface area contributed by atoms with Gasteiger partial charge in [0.25, 0.3) is 0 Å². The molecule has 0 amide bonds. The van der Waals surface area contributed by atoms with Crippen molar-refractivity contribution in [2.75, 3.05) is 7.11 Å². The number of methoxy groups -OCH3 is 1. The van der Waals surface area contributed by atoms with E-state index in [-0.39, 0.29) is 0 Å². The molecule has 0 saturated carbocycles. The lowest BCUT2D eigenvalue weighted by Gasteiger charge is -2.14. The topological polar surface area (TPSA) is 47.9 Å². The summed E-state index contributed by atoms with van der Waals surface area (Å²) in [5.41, 5.74) is 10.1. The molecule has 0 saturated heterocycles. The molecule has 0 atom stereocenters. The molecule has 0 aliphatic rings. The fourth-order valence-corrected chi connectivity index (χ4v) is 4.59. The van der Waals surface area contributed by atoms with Gasteiger partial charge in [0, 0.05) is 12.4 Å². The Labute approximate surface area is 222 Å². The first-order valence-electron chi connectivity index (χ1n) is 12.5. The molecule has 0 N–H and O–H groups in total. The number of pyridine rings is 3. The first-order chi connectivity index (χ1) is 18.8. The molecule has 0 bridgehead atoms. The summed E-state index contributed by atoms with van der Waals surface area (Å²) in [6.07, 6.45) is 3.59. The van der Waals surface area contributed by atoms with Crippen molar-refractivity contribution in [3.63, 3.8) is 0 Å². The van der Waals surface area contributed by atoms with Crippen LogP contribution in [0.1, 0.15) is 0 Å². The number of hydrogen-bond acceptors (Lipinski definition) is 4. The summed E-state index contributed by atoms with van der Waals surface area (Å²) < 4.78 is 5.30. The minimum absolute atomic E-state index is 0.813. The minimum atomic E-state index is 0.813. The Bertz CT molecular complexity index is 1610. The first kappa shape index (κ1) is 23.3. The molecule has 4 heteroatoms. The van der Waals surface area contributed by atoms with Gasteiger partial charge in [0.2, 0.25) is 0 Å². The second kappa shape index (κ2) is 10.5. The van der Waals surface area contributed by atoms with Crippen molar-refractivity contribution in [2.45, 2.75) is 0 Å². The number of hydrogen-bond donors (Lipinski definition) is 0. The van der Waals surface area contributed by atoms with Crippen LogP contribution in [0.3, 0.4) is 0 Å². The van der Waals surface area contributed by atoms with Gasteiger partial charge in [-0.1, -0.05) is 72.8 Å². The Balaban J connectivity index is 1.44. The van der Waals surface area contributed by atoms with Crippen LogP contribution in [-0.4, -0.2) is 22.1 Å². The summed E-state index contributed by atoms with van der Waals surface area (Å²) >= 11 is 0. The lowest BCUT2D eigenvalue weighted by Crippen LogP contribution is -1.94. The molecule has 3 heterocycles. The van der Waals surface area contributed by atoms with Gasteiger partial charge in [-0.2, -0.15) is 0 Å². The fourth-order valence-electron chi connectivity index (χ4n) is 4.59. The minimum Gasteiger partial charge on any atom is -0.497 e. The van der Waals surface area contributed by atoms with Crippen LogP contribution in [0, 0.1) is 0 Å². The van der Waals surface area contributed by atoms with Crippen LogP contribution in [0.5, 0.6) is 5.75 Å². The average molecular weight is 492 g/mol. The molecule has 0 spiro atoms. The third kappa shape index (κ3) is 4.80. The molecule has 0 aliphatic heterocycles. The molecular weight excluding hydrogens is 466 g/mol. The second-order valence-corrected chi connectivity index (χ2v) is 8.91. The van der Waals surface area contributed by atoms with Crippen molar-refractivity contribution in [2.24, 2.45) is 0 Å². The highest BCUT2D eigenvalue weighted by Crippen LogP contribution is 2.36. The van der Waals surface area contributed by atoms with Gasteiger partial charge in [-0.15, -0.1) is 0 Å². The van der Waals surface area contributed by atoms with Crippen molar-refractivity contribution >= 4 is 0 Å². The quantitative estimate of drug-likeness (QED) is 0.235. The molecular formula is C34H25N3O. The summed E-state index contributed by atoms with van der Waals surface area (Å²) in [5.74, 6) is 0.854. The van der Waals surface area contributed by atoms with E-state index < -0.39 is 0 Å². The molecule has 3 aromatic heterocycles.